The van der Waals surface area contributed by atoms with Crippen molar-refractivity contribution in [3.8, 4) is 17.2 Å². The number of likely N-dealkylation sites (tertiary alicyclic amines) is 1. The highest BCUT2D eigenvalue weighted by atomic mass is 16.5. The van der Waals surface area contributed by atoms with Crippen LogP contribution in [0.15, 0.2) is 48.0 Å². The van der Waals surface area contributed by atoms with Gasteiger partial charge >= 0.3 is 0 Å². The largest absolute Gasteiger partial charge is 0.507 e. The molecule has 1 heterocycles. The van der Waals surface area contributed by atoms with Gasteiger partial charge in [0.25, 0.3) is 11.7 Å². The Bertz CT molecular complexity index is 1090. The monoisotopic (exact) mass is 496 g/mol. The molecule has 0 radical (unpaired) electrons. The molecule has 2 aromatic carbocycles. The highest BCUT2D eigenvalue weighted by molar-refractivity contribution is 6.46. The Morgan fingerprint density at radius 3 is 2.31 bits per heavy atom. The van der Waals surface area contributed by atoms with Gasteiger partial charge in [-0.2, -0.15) is 0 Å². The number of Topliss-reactive ketones (excluding diaryl/α,β-unsaturated/α-hetero) is 1. The summed E-state index contributed by atoms with van der Waals surface area (Å²) in [7, 11) is 6.98. The normalized spacial score (nSPS) is 17.1. The first-order valence-corrected chi connectivity index (χ1v) is 12.2. The fraction of sp³-hybridized carbons (Fsp3) is 0.429. The molecule has 36 heavy (non-hydrogen) atoms. The van der Waals surface area contributed by atoms with Crippen molar-refractivity contribution >= 4 is 17.4 Å². The molecule has 1 aliphatic heterocycles. The molecule has 0 aliphatic carbocycles. The molecular weight excluding hydrogens is 460 g/mol. The van der Waals surface area contributed by atoms with Crippen LogP contribution in [0.3, 0.4) is 0 Å². The van der Waals surface area contributed by atoms with Gasteiger partial charge in [-0.05, 0) is 69.9 Å². The number of nitrogens with zero attached hydrogens (tertiary/aromatic N) is 2. The minimum absolute atomic E-state index is 0.0352. The summed E-state index contributed by atoms with van der Waals surface area (Å²) in [5.74, 6) is 0.133. The molecule has 1 amide bonds. The quantitative estimate of drug-likeness (QED) is 0.203. The molecule has 8 nitrogen and oxygen atoms in total. The Balaban J connectivity index is 2.06. The third-order valence-corrected chi connectivity index (χ3v) is 6.17. The fourth-order valence-electron chi connectivity index (χ4n) is 4.23. The first-order valence-electron chi connectivity index (χ1n) is 12.2. The van der Waals surface area contributed by atoms with Crippen molar-refractivity contribution in [3.05, 3.63) is 59.2 Å². The van der Waals surface area contributed by atoms with Crippen molar-refractivity contribution in [2.45, 2.75) is 32.2 Å². The Hall–Kier alpha value is -3.52. The number of carbonyl (C=O) groups excluding carboxylic acids is 2. The number of carbonyl (C=O) groups is 2. The minimum atomic E-state index is -0.798. The highest BCUT2D eigenvalue weighted by Gasteiger charge is 2.46. The summed E-state index contributed by atoms with van der Waals surface area (Å²) in [4.78, 5) is 30.0. The van der Waals surface area contributed by atoms with Gasteiger partial charge in [0, 0.05) is 23.7 Å². The third-order valence-electron chi connectivity index (χ3n) is 6.17. The average molecular weight is 497 g/mol. The number of aliphatic hydroxyl groups excluding tert-OH is 1. The topological polar surface area (TPSA) is 88.5 Å². The zero-order valence-electron chi connectivity index (χ0n) is 21.7. The molecule has 2 aromatic rings. The maximum atomic E-state index is 13.3. The number of benzene rings is 2. The van der Waals surface area contributed by atoms with Crippen LogP contribution in [-0.4, -0.2) is 74.6 Å². The molecule has 194 valence electrons. The lowest BCUT2D eigenvalue weighted by atomic mass is 9.94. The van der Waals surface area contributed by atoms with Crippen LogP contribution in [0.25, 0.3) is 5.76 Å². The Kier molecular flexibility index (Phi) is 9.36. The van der Waals surface area contributed by atoms with Crippen LogP contribution < -0.4 is 14.2 Å². The van der Waals surface area contributed by atoms with E-state index < -0.39 is 17.7 Å². The van der Waals surface area contributed by atoms with Gasteiger partial charge in [0.1, 0.15) is 23.0 Å². The lowest BCUT2D eigenvalue weighted by molar-refractivity contribution is -0.140. The number of ether oxygens (including phenoxy) is 3. The van der Waals surface area contributed by atoms with Crippen LogP contribution in [0.2, 0.25) is 0 Å². The van der Waals surface area contributed by atoms with E-state index >= 15 is 0 Å². The van der Waals surface area contributed by atoms with Crippen molar-refractivity contribution in [2.24, 2.45) is 0 Å². The molecule has 1 aliphatic rings. The summed E-state index contributed by atoms with van der Waals surface area (Å²) in [5, 5.41) is 11.3. The molecule has 0 unspecified atom stereocenters. The standard InChI is InChI=1S/C28H36N2O6/c1-6-7-17-36-20-11-9-19(10-12-20)26(31)24-25(22-14-13-21(34-4)18-23(22)35-5)30(28(33)27(24)32)16-8-15-29(2)3/h9-14,18,25,31H,6-8,15-17H2,1-5H3/t25-/m0/s1. The lowest BCUT2D eigenvalue weighted by Gasteiger charge is -2.27. The number of ketones is 1. The number of methoxy groups -OCH3 is 2. The number of amides is 1. The van der Waals surface area contributed by atoms with Gasteiger partial charge in [-0.15, -0.1) is 0 Å². The van der Waals surface area contributed by atoms with Gasteiger partial charge in [0.2, 0.25) is 0 Å². The second-order valence-corrected chi connectivity index (χ2v) is 8.98. The maximum Gasteiger partial charge on any atom is 0.295 e. The van der Waals surface area contributed by atoms with E-state index in [-0.39, 0.29) is 11.3 Å². The van der Waals surface area contributed by atoms with Crippen molar-refractivity contribution in [2.75, 3.05) is 48.0 Å². The summed E-state index contributed by atoms with van der Waals surface area (Å²) < 4.78 is 16.6. The summed E-state index contributed by atoms with van der Waals surface area (Å²) in [6.45, 7) is 3.80. The van der Waals surface area contributed by atoms with Crippen LogP contribution >= 0.6 is 0 Å². The fourth-order valence-corrected chi connectivity index (χ4v) is 4.23. The van der Waals surface area contributed by atoms with E-state index in [0.717, 1.165) is 19.4 Å². The molecular formula is C28H36N2O6. The van der Waals surface area contributed by atoms with E-state index in [1.165, 1.54) is 12.0 Å². The van der Waals surface area contributed by atoms with Gasteiger partial charge in [-0.1, -0.05) is 13.3 Å². The number of hydrogen-bond donors (Lipinski definition) is 1. The second kappa shape index (κ2) is 12.4. The molecule has 0 bridgehead atoms. The van der Waals surface area contributed by atoms with Crippen molar-refractivity contribution in [1.82, 2.24) is 9.80 Å². The van der Waals surface area contributed by atoms with Crippen LogP contribution in [0.4, 0.5) is 0 Å². The average Bonchev–Trinajstić information content (AvgIpc) is 3.13. The van der Waals surface area contributed by atoms with E-state index in [1.54, 1.807) is 49.6 Å². The second-order valence-electron chi connectivity index (χ2n) is 8.98. The first-order chi connectivity index (χ1) is 17.3. The summed E-state index contributed by atoms with van der Waals surface area (Å²) >= 11 is 0. The molecule has 3 rings (SSSR count). The highest BCUT2D eigenvalue weighted by Crippen LogP contribution is 2.43. The van der Waals surface area contributed by atoms with Gasteiger partial charge in [0.05, 0.1) is 32.4 Å². The predicted molar refractivity (Wildman–Crippen MR) is 139 cm³/mol. The number of hydrogen-bond acceptors (Lipinski definition) is 7. The van der Waals surface area contributed by atoms with E-state index in [9.17, 15) is 14.7 Å². The smallest absolute Gasteiger partial charge is 0.295 e. The molecule has 8 heteroatoms. The lowest BCUT2D eigenvalue weighted by Crippen LogP contribution is -2.32. The Labute approximate surface area is 213 Å². The SMILES string of the molecule is CCCCOc1ccc(C(O)=C2C(=O)C(=O)N(CCCN(C)C)[C@H]2c2ccc(OC)cc2OC)cc1. The van der Waals surface area contributed by atoms with E-state index in [1.807, 2.05) is 19.0 Å². The number of unbranched alkanes of at least 4 members (excludes halogenated alkanes) is 1. The zero-order valence-corrected chi connectivity index (χ0v) is 21.7. The molecule has 1 N–H and O–H groups in total. The Morgan fingerprint density at radius 1 is 1.00 bits per heavy atom. The van der Waals surface area contributed by atoms with Crippen LogP contribution in [-0.2, 0) is 9.59 Å². The first kappa shape index (κ1) is 27.1. The van der Waals surface area contributed by atoms with Crippen molar-refractivity contribution in [3.63, 3.8) is 0 Å². The predicted octanol–water partition coefficient (Wildman–Crippen LogP) is 4.26. The van der Waals surface area contributed by atoms with E-state index in [4.69, 9.17) is 14.2 Å². The summed E-state index contributed by atoms with van der Waals surface area (Å²) in [6, 6.07) is 11.3. The third kappa shape index (κ3) is 5.99. The van der Waals surface area contributed by atoms with Crippen molar-refractivity contribution < 1.29 is 28.9 Å². The zero-order chi connectivity index (χ0) is 26.2. The molecule has 0 aromatic heterocycles. The summed E-state index contributed by atoms with van der Waals surface area (Å²) in [6.07, 6.45) is 2.64. The minimum Gasteiger partial charge on any atom is -0.507 e. The number of rotatable bonds is 12. The van der Waals surface area contributed by atoms with E-state index in [2.05, 4.69) is 6.92 Å². The van der Waals surface area contributed by atoms with Crippen molar-refractivity contribution in [1.29, 1.82) is 0 Å². The van der Waals surface area contributed by atoms with Gasteiger partial charge in [0.15, 0.2) is 0 Å². The summed E-state index contributed by atoms with van der Waals surface area (Å²) in [5.41, 5.74) is 1.07. The molecule has 0 spiro atoms. The molecule has 1 fully saturated rings. The molecule has 1 saturated heterocycles. The van der Waals surface area contributed by atoms with Crippen LogP contribution in [0, 0.1) is 0 Å². The van der Waals surface area contributed by atoms with Crippen LogP contribution in [0.5, 0.6) is 17.2 Å². The number of aliphatic hydroxyl groups is 1. The maximum absolute atomic E-state index is 13.3. The molecule has 1 atom stereocenters. The molecule has 0 saturated carbocycles. The van der Waals surface area contributed by atoms with Gasteiger partial charge in [-0.25, -0.2) is 0 Å². The van der Waals surface area contributed by atoms with Crippen LogP contribution in [0.1, 0.15) is 43.4 Å². The van der Waals surface area contributed by atoms with Gasteiger partial charge in [-0.3, -0.25) is 9.59 Å². The van der Waals surface area contributed by atoms with E-state index in [0.29, 0.717) is 47.9 Å². The Morgan fingerprint density at radius 2 is 1.69 bits per heavy atom. The van der Waals surface area contributed by atoms with Gasteiger partial charge < -0.3 is 29.1 Å².